The molecule has 1 rings (SSSR count). The lowest BCUT2D eigenvalue weighted by Crippen LogP contribution is -2.47. The van der Waals surface area contributed by atoms with Crippen LogP contribution in [0.15, 0.2) is 6.33 Å². The average Bonchev–Trinajstić information content (AvgIpc) is 2.87. The third kappa shape index (κ3) is 4.92. The van der Waals surface area contributed by atoms with Crippen LogP contribution in [-0.4, -0.2) is 44.2 Å². The molecule has 10 nitrogen and oxygen atoms in total. The van der Waals surface area contributed by atoms with Crippen molar-refractivity contribution < 1.29 is 19.5 Å². The van der Waals surface area contributed by atoms with Gasteiger partial charge in [0.05, 0.1) is 6.04 Å². The molecule has 20 heavy (non-hydrogen) atoms. The Kier molecular flexibility index (Phi) is 5.44. The van der Waals surface area contributed by atoms with Crippen LogP contribution in [0.4, 0.5) is 4.79 Å². The van der Waals surface area contributed by atoms with Crippen LogP contribution in [0.2, 0.25) is 0 Å². The highest BCUT2D eigenvalue weighted by Crippen LogP contribution is 2.04. The number of hydrogen-bond acceptors (Lipinski definition) is 5. The number of aliphatic carboxylic acids is 1. The highest BCUT2D eigenvalue weighted by molar-refractivity contribution is 5.83. The molecule has 0 saturated heterocycles. The van der Waals surface area contributed by atoms with Crippen LogP contribution in [-0.2, 0) is 9.59 Å². The molecule has 0 aliphatic carbocycles. The van der Waals surface area contributed by atoms with E-state index in [-0.39, 0.29) is 12.8 Å². The van der Waals surface area contributed by atoms with Crippen molar-refractivity contribution in [1.82, 2.24) is 25.8 Å². The van der Waals surface area contributed by atoms with Gasteiger partial charge in [-0.2, -0.15) is 5.10 Å². The number of rotatable bonds is 7. The van der Waals surface area contributed by atoms with E-state index in [4.69, 9.17) is 10.8 Å². The molecule has 0 radical (unpaired) electrons. The number of urea groups is 1. The third-order valence-corrected chi connectivity index (χ3v) is 2.47. The molecule has 0 saturated carbocycles. The molecule has 1 aromatic rings. The number of nitrogens with zero attached hydrogens (tertiary/aromatic N) is 2. The second kappa shape index (κ2) is 7.07. The summed E-state index contributed by atoms with van der Waals surface area (Å²) >= 11 is 0. The van der Waals surface area contributed by atoms with E-state index < -0.39 is 30.0 Å². The molecular weight excluding hydrogens is 268 g/mol. The summed E-state index contributed by atoms with van der Waals surface area (Å²) in [5.41, 5.74) is 4.94. The van der Waals surface area contributed by atoms with Gasteiger partial charge in [0.15, 0.2) is 0 Å². The summed E-state index contributed by atoms with van der Waals surface area (Å²) < 4.78 is 0. The standard InChI is InChI=1S/C10H16N6O4/c1-5(8-12-4-13-16-8)14-10(20)15-6(9(18)19)2-3-7(11)17/h4-6H,2-3H2,1H3,(H2,11,17)(H,18,19)(H,12,13,16)(H2,14,15,20)/t5?,6-/m0/s1. The molecule has 10 heteroatoms. The summed E-state index contributed by atoms with van der Waals surface area (Å²) in [5, 5.41) is 19.9. The van der Waals surface area contributed by atoms with Crippen LogP contribution in [0.1, 0.15) is 31.6 Å². The number of aromatic amines is 1. The van der Waals surface area contributed by atoms with Crippen molar-refractivity contribution in [3.05, 3.63) is 12.2 Å². The smallest absolute Gasteiger partial charge is 0.326 e. The molecule has 3 amide bonds. The molecule has 0 fully saturated rings. The lowest BCUT2D eigenvalue weighted by molar-refractivity contribution is -0.139. The number of carbonyl (C=O) groups excluding carboxylic acids is 2. The van der Waals surface area contributed by atoms with Crippen molar-refractivity contribution in [3.8, 4) is 0 Å². The lowest BCUT2D eigenvalue weighted by Gasteiger charge is -2.16. The van der Waals surface area contributed by atoms with Gasteiger partial charge < -0.3 is 21.5 Å². The molecule has 0 aliphatic heterocycles. The van der Waals surface area contributed by atoms with E-state index in [1.807, 2.05) is 0 Å². The van der Waals surface area contributed by atoms with E-state index in [1.54, 1.807) is 6.92 Å². The van der Waals surface area contributed by atoms with E-state index in [9.17, 15) is 14.4 Å². The minimum atomic E-state index is -1.24. The van der Waals surface area contributed by atoms with Crippen LogP contribution in [0, 0.1) is 0 Å². The number of carboxylic acid groups (broad SMARTS) is 1. The predicted molar refractivity (Wildman–Crippen MR) is 66.3 cm³/mol. The predicted octanol–water partition coefficient (Wildman–Crippen LogP) is -1.12. The van der Waals surface area contributed by atoms with Crippen LogP contribution >= 0.6 is 0 Å². The summed E-state index contributed by atoms with van der Waals surface area (Å²) in [7, 11) is 0. The Labute approximate surface area is 114 Å². The van der Waals surface area contributed by atoms with Crippen LogP contribution in [0.3, 0.4) is 0 Å². The molecular formula is C10H16N6O4. The number of carboxylic acids is 1. The van der Waals surface area contributed by atoms with Crippen molar-refractivity contribution in [3.63, 3.8) is 0 Å². The van der Waals surface area contributed by atoms with Crippen molar-refractivity contribution >= 4 is 17.9 Å². The number of H-pyrrole nitrogens is 1. The monoisotopic (exact) mass is 284 g/mol. The summed E-state index contributed by atoms with van der Waals surface area (Å²) in [4.78, 5) is 37.1. The maximum Gasteiger partial charge on any atom is 0.326 e. The van der Waals surface area contributed by atoms with Crippen molar-refractivity contribution in [2.45, 2.75) is 31.8 Å². The van der Waals surface area contributed by atoms with Gasteiger partial charge in [-0.1, -0.05) is 0 Å². The maximum atomic E-state index is 11.6. The molecule has 1 aromatic heterocycles. The molecule has 0 bridgehead atoms. The van der Waals surface area contributed by atoms with E-state index in [0.717, 1.165) is 0 Å². The minimum Gasteiger partial charge on any atom is -0.480 e. The Morgan fingerprint density at radius 1 is 1.45 bits per heavy atom. The zero-order valence-corrected chi connectivity index (χ0v) is 10.8. The van der Waals surface area contributed by atoms with E-state index in [0.29, 0.717) is 5.82 Å². The fourth-order valence-electron chi connectivity index (χ4n) is 1.43. The molecule has 2 atom stereocenters. The van der Waals surface area contributed by atoms with E-state index in [2.05, 4.69) is 25.8 Å². The molecule has 0 aliphatic rings. The van der Waals surface area contributed by atoms with Gasteiger partial charge in [-0.25, -0.2) is 14.6 Å². The summed E-state index contributed by atoms with van der Waals surface area (Å²) in [6, 6.07) is -2.35. The normalized spacial score (nSPS) is 13.2. The molecule has 0 spiro atoms. The summed E-state index contributed by atoms with van der Waals surface area (Å²) in [6.45, 7) is 1.65. The van der Waals surface area contributed by atoms with Crippen LogP contribution in [0.5, 0.6) is 0 Å². The summed E-state index contributed by atoms with van der Waals surface area (Å²) in [5.74, 6) is -1.44. The van der Waals surface area contributed by atoms with E-state index >= 15 is 0 Å². The van der Waals surface area contributed by atoms with Crippen LogP contribution in [0.25, 0.3) is 0 Å². The van der Waals surface area contributed by atoms with E-state index in [1.165, 1.54) is 6.33 Å². The number of primary amides is 1. The zero-order valence-electron chi connectivity index (χ0n) is 10.8. The van der Waals surface area contributed by atoms with Gasteiger partial charge in [0.25, 0.3) is 0 Å². The molecule has 1 heterocycles. The Morgan fingerprint density at radius 3 is 2.65 bits per heavy atom. The average molecular weight is 284 g/mol. The number of aromatic nitrogens is 3. The fraction of sp³-hybridized carbons (Fsp3) is 0.500. The first-order valence-electron chi connectivity index (χ1n) is 5.83. The Hall–Kier alpha value is -2.65. The Morgan fingerprint density at radius 2 is 2.15 bits per heavy atom. The van der Waals surface area contributed by atoms with Gasteiger partial charge in [-0.05, 0) is 13.3 Å². The first kappa shape index (κ1) is 15.4. The topological polar surface area (TPSA) is 163 Å². The molecule has 110 valence electrons. The van der Waals surface area contributed by atoms with Gasteiger partial charge >= 0.3 is 12.0 Å². The van der Waals surface area contributed by atoms with Gasteiger partial charge in [0.1, 0.15) is 18.2 Å². The summed E-state index contributed by atoms with van der Waals surface area (Å²) in [6.07, 6.45) is 1.09. The van der Waals surface area contributed by atoms with Crippen molar-refractivity contribution in [1.29, 1.82) is 0 Å². The van der Waals surface area contributed by atoms with Crippen molar-refractivity contribution in [2.24, 2.45) is 5.73 Å². The minimum absolute atomic E-state index is 0.0746. The largest absolute Gasteiger partial charge is 0.480 e. The lowest BCUT2D eigenvalue weighted by atomic mass is 10.1. The van der Waals surface area contributed by atoms with Gasteiger partial charge in [-0.3, -0.25) is 9.89 Å². The number of amides is 3. The quantitative estimate of drug-likeness (QED) is 0.426. The van der Waals surface area contributed by atoms with Crippen LogP contribution < -0.4 is 16.4 Å². The Bertz CT molecular complexity index is 474. The molecule has 1 unspecified atom stereocenters. The second-order valence-corrected chi connectivity index (χ2v) is 4.11. The maximum absolute atomic E-state index is 11.6. The SMILES string of the molecule is CC(NC(=O)N[C@@H](CCC(N)=O)C(=O)O)c1ncn[nH]1. The van der Waals surface area contributed by atoms with Crippen molar-refractivity contribution in [2.75, 3.05) is 0 Å². The third-order valence-electron chi connectivity index (χ3n) is 2.47. The zero-order chi connectivity index (χ0) is 15.1. The number of carbonyl (C=O) groups is 3. The Balaban J connectivity index is 2.49. The highest BCUT2D eigenvalue weighted by Gasteiger charge is 2.21. The molecule has 6 N–H and O–H groups in total. The highest BCUT2D eigenvalue weighted by atomic mass is 16.4. The number of nitrogens with one attached hydrogen (secondary N) is 3. The van der Waals surface area contributed by atoms with Gasteiger partial charge in [0.2, 0.25) is 5.91 Å². The van der Waals surface area contributed by atoms with Gasteiger partial charge in [-0.15, -0.1) is 0 Å². The first-order chi connectivity index (χ1) is 9.40. The molecule has 0 aromatic carbocycles. The number of nitrogens with two attached hydrogens (primary N) is 1. The van der Waals surface area contributed by atoms with Gasteiger partial charge in [0, 0.05) is 6.42 Å². The second-order valence-electron chi connectivity index (χ2n) is 4.11. The fourth-order valence-corrected chi connectivity index (χ4v) is 1.43. The first-order valence-corrected chi connectivity index (χ1v) is 5.83. The number of hydrogen-bond donors (Lipinski definition) is 5.